The number of ether oxygens (including phenoxy) is 1. The van der Waals surface area contributed by atoms with Crippen LogP contribution in [-0.2, 0) is 11.8 Å². The first kappa shape index (κ1) is 18.3. The van der Waals surface area contributed by atoms with Crippen molar-refractivity contribution in [1.29, 1.82) is 0 Å². The zero-order valence-electron chi connectivity index (χ0n) is 15.3. The van der Waals surface area contributed by atoms with E-state index in [0.717, 1.165) is 12.8 Å². The van der Waals surface area contributed by atoms with Gasteiger partial charge in [0, 0.05) is 44.0 Å². The van der Waals surface area contributed by atoms with Gasteiger partial charge in [0.1, 0.15) is 6.04 Å². The summed E-state index contributed by atoms with van der Waals surface area (Å²) in [6.45, 7) is 5.23. The number of aromatic nitrogens is 3. The molecule has 1 N–H and O–H groups in total. The van der Waals surface area contributed by atoms with Gasteiger partial charge in [0.2, 0.25) is 5.89 Å². The number of carbonyl (C=O) groups excluding carboxylic acids is 1. The molecule has 1 aliphatic heterocycles. The van der Waals surface area contributed by atoms with Crippen LogP contribution in [0.2, 0.25) is 0 Å². The maximum Gasteiger partial charge on any atom is 0.252 e. The number of rotatable bonds is 5. The van der Waals surface area contributed by atoms with Gasteiger partial charge < -0.3 is 19.1 Å². The lowest BCUT2D eigenvalue weighted by atomic mass is 9.91. The van der Waals surface area contributed by atoms with E-state index in [-0.39, 0.29) is 23.3 Å². The minimum atomic E-state index is -0.407. The number of pyridine rings is 1. The quantitative estimate of drug-likeness (QED) is 0.873. The number of amides is 1. The Morgan fingerprint density at radius 2 is 2.08 bits per heavy atom. The highest BCUT2D eigenvalue weighted by Crippen LogP contribution is 2.30. The van der Waals surface area contributed by atoms with E-state index in [1.54, 1.807) is 19.3 Å². The van der Waals surface area contributed by atoms with E-state index < -0.39 is 6.04 Å². The first-order valence-corrected chi connectivity index (χ1v) is 8.84. The molecule has 0 aliphatic carbocycles. The minimum Gasteiger partial charge on any atom is -0.381 e. The van der Waals surface area contributed by atoms with Crippen molar-refractivity contribution in [2.75, 3.05) is 13.2 Å². The predicted molar refractivity (Wildman–Crippen MR) is 93.8 cm³/mol. The molecule has 0 spiro atoms. The molecule has 8 nitrogen and oxygen atoms in total. The predicted octanol–water partition coefficient (Wildman–Crippen LogP) is 1.79. The molecule has 1 aliphatic rings. The van der Waals surface area contributed by atoms with Crippen molar-refractivity contribution in [3.8, 4) is 0 Å². The van der Waals surface area contributed by atoms with Crippen LogP contribution in [0.1, 0.15) is 60.7 Å². The van der Waals surface area contributed by atoms with Crippen LogP contribution in [-0.4, -0.2) is 33.8 Å². The molecule has 0 unspecified atom stereocenters. The van der Waals surface area contributed by atoms with Gasteiger partial charge in [0.15, 0.2) is 5.82 Å². The Morgan fingerprint density at radius 1 is 1.35 bits per heavy atom. The zero-order chi connectivity index (χ0) is 18.7. The lowest BCUT2D eigenvalue weighted by molar-refractivity contribution is 0.0467. The summed E-state index contributed by atoms with van der Waals surface area (Å²) >= 11 is 0. The fourth-order valence-electron chi connectivity index (χ4n) is 2.95. The van der Waals surface area contributed by atoms with Crippen molar-refractivity contribution in [2.24, 2.45) is 13.0 Å². The van der Waals surface area contributed by atoms with Crippen LogP contribution in [0.5, 0.6) is 0 Å². The first-order valence-electron chi connectivity index (χ1n) is 8.84. The van der Waals surface area contributed by atoms with Crippen molar-refractivity contribution < 1.29 is 14.1 Å². The SMILES string of the molecule is CC(C)c1noc([C@H](NC(=O)c2ccn(C)c(=O)c2)C2CCOCC2)n1. The van der Waals surface area contributed by atoms with E-state index in [9.17, 15) is 9.59 Å². The van der Waals surface area contributed by atoms with Gasteiger partial charge in [-0.2, -0.15) is 4.98 Å². The first-order chi connectivity index (χ1) is 12.5. The molecule has 26 heavy (non-hydrogen) atoms. The average molecular weight is 360 g/mol. The Hall–Kier alpha value is -2.48. The fourth-order valence-corrected chi connectivity index (χ4v) is 2.95. The summed E-state index contributed by atoms with van der Waals surface area (Å²) in [5, 5.41) is 6.99. The molecule has 1 saturated heterocycles. The van der Waals surface area contributed by atoms with E-state index in [0.29, 0.717) is 30.5 Å². The van der Waals surface area contributed by atoms with Gasteiger partial charge in [0.05, 0.1) is 0 Å². The maximum absolute atomic E-state index is 12.7. The highest BCUT2D eigenvalue weighted by Gasteiger charge is 2.32. The number of hydrogen-bond acceptors (Lipinski definition) is 6. The maximum atomic E-state index is 12.7. The summed E-state index contributed by atoms with van der Waals surface area (Å²) in [5.41, 5.74) is 0.0777. The van der Waals surface area contributed by atoms with Gasteiger partial charge in [0.25, 0.3) is 11.5 Å². The summed E-state index contributed by atoms with van der Waals surface area (Å²) in [4.78, 5) is 29.0. The topological polar surface area (TPSA) is 99.2 Å². The van der Waals surface area contributed by atoms with E-state index in [1.807, 2.05) is 13.8 Å². The molecule has 2 aromatic rings. The van der Waals surface area contributed by atoms with Gasteiger partial charge >= 0.3 is 0 Å². The number of carbonyl (C=O) groups is 1. The molecule has 3 rings (SSSR count). The molecular weight excluding hydrogens is 336 g/mol. The summed E-state index contributed by atoms with van der Waals surface area (Å²) < 4.78 is 12.3. The molecule has 1 fully saturated rings. The summed E-state index contributed by atoms with van der Waals surface area (Å²) in [7, 11) is 1.64. The molecule has 2 aromatic heterocycles. The third-order valence-corrected chi connectivity index (χ3v) is 4.63. The van der Waals surface area contributed by atoms with Crippen LogP contribution < -0.4 is 10.9 Å². The van der Waals surface area contributed by atoms with Crippen LogP contribution >= 0.6 is 0 Å². The third-order valence-electron chi connectivity index (χ3n) is 4.63. The zero-order valence-corrected chi connectivity index (χ0v) is 15.3. The molecule has 0 radical (unpaired) electrons. The Balaban J connectivity index is 1.85. The second-order valence-corrected chi connectivity index (χ2v) is 6.91. The number of nitrogens with zero attached hydrogens (tertiary/aromatic N) is 3. The van der Waals surface area contributed by atoms with Gasteiger partial charge in [-0.25, -0.2) is 0 Å². The van der Waals surface area contributed by atoms with E-state index >= 15 is 0 Å². The summed E-state index contributed by atoms with van der Waals surface area (Å²) in [6, 6.07) is 2.53. The molecule has 0 aromatic carbocycles. The average Bonchev–Trinajstić information content (AvgIpc) is 3.12. The smallest absolute Gasteiger partial charge is 0.252 e. The molecular formula is C18H24N4O4. The molecule has 3 heterocycles. The fraction of sp³-hybridized carbons (Fsp3) is 0.556. The highest BCUT2D eigenvalue weighted by atomic mass is 16.5. The van der Waals surface area contributed by atoms with Gasteiger partial charge in [-0.05, 0) is 24.8 Å². The molecule has 0 bridgehead atoms. The van der Waals surface area contributed by atoms with E-state index in [1.165, 1.54) is 10.6 Å². The van der Waals surface area contributed by atoms with E-state index in [2.05, 4.69) is 15.5 Å². The third kappa shape index (κ3) is 4.01. The van der Waals surface area contributed by atoms with Crippen LogP contribution in [0.25, 0.3) is 0 Å². The Kier molecular flexibility index (Phi) is 5.51. The van der Waals surface area contributed by atoms with Gasteiger partial charge in [-0.3, -0.25) is 9.59 Å². The van der Waals surface area contributed by atoms with Crippen molar-refractivity contribution in [2.45, 2.75) is 38.6 Å². The van der Waals surface area contributed by atoms with Crippen LogP contribution in [0.15, 0.2) is 27.6 Å². The number of aryl methyl sites for hydroxylation is 1. The normalized spacial score (nSPS) is 16.6. The summed E-state index contributed by atoms with van der Waals surface area (Å²) in [6.07, 6.45) is 3.16. The van der Waals surface area contributed by atoms with Gasteiger partial charge in [-0.15, -0.1) is 0 Å². The molecule has 0 saturated carbocycles. The second kappa shape index (κ2) is 7.82. The Bertz CT molecular complexity index is 821. The Labute approximate surface area is 151 Å². The van der Waals surface area contributed by atoms with Crippen LogP contribution in [0.4, 0.5) is 0 Å². The van der Waals surface area contributed by atoms with E-state index in [4.69, 9.17) is 9.26 Å². The minimum absolute atomic E-state index is 0.135. The molecule has 8 heteroatoms. The lowest BCUT2D eigenvalue weighted by Crippen LogP contribution is -2.36. The molecule has 1 atom stereocenters. The standard InChI is InChI=1S/C18H24N4O4/c1-11(2)16-20-18(26-21-16)15(12-5-8-25-9-6-12)19-17(24)13-4-7-22(3)14(23)10-13/h4,7,10-12,15H,5-6,8-9H2,1-3H3,(H,19,24)/t15-/m1/s1. The van der Waals surface area contributed by atoms with Crippen molar-refractivity contribution in [1.82, 2.24) is 20.0 Å². The number of nitrogens with one attached hydrogen (secondary N) is 1. The van der Waals surface area contributed by atoms with Gasteiger partial charge in [-0.1, -0.05) is 19.0 Å². The Morgan fingerprint density at radius 3 is 2.69 bits per heavy atom. The highest BCUT2D eigenvalue weighted by molar-refractivity contribution is 5.94. The largest absolute Gasteiger partial charge is 0.381 e. The lowest BCUT2D eigenvalue weighted by Gasteiger charge is -2.28. The monoisotopic (exact) mass is 360 g/mol. The molecule has 1 amide bonds. The molecule has 140 valence electrons. The van der Waals surface area contributed by atoms with Crippen LogP contribution in [0.3, 0.4) is 0 Å². The van der Waals surface area contributed by atoms with Crippen molar-refractivity contribution >= 4 is 5.91 Å². The second-order valence-electron chi connectivity index (χ2n) is 6.91. The van der Waals surface area contributed by atoms with Crippen molar-refractivity contribution in [3.05, 3.63) is 46.0 Å². The number of hydrogen-bond donors (Lipinski definition) is 1. The van der Waals surface area contributed by atoms with Crippen molar-refractivity contribution in [3.63, 3.8) is 0 Å². The van der Waals surface area contributed by atoms with Crippen LogP contribution in [0, 0.1) is 5.92 Å². The summed E-state index contributed by atoms with van der Waals surface area (Å²) in [5.74, 6) is 0.955.